The lowest BCUT2D eigenvalue weighted by molar-refractivity contribution is 0.102. The molecule has 1 aromatic carbocycles. The molecule has 5 nitrogen and oxygen atoms in total. The van der Waals surface area contributed by atoms with Crippen LogP contribution in [0.25, 0.3) is 0 Å². The van der Waals surface area contributed by atoms with Crippen molar-refractivity contribution in [3.63, 3.8) is 0 Å². The van der Waals surface area contributed by atoms with E-state index >= 15 is 0 Å². The van der Waals surface area contributed by atoms with Crippen LogP contribution >= 0.6 is 15.9 Å². The Hall–Kier alpha value is -1.82. The molecule has 94 valence electrons. The summed E-state index contributed by atoms with van der Waals surface area (Å²) in [5.74, 6) is 0.284. The van der Waals surface area contributed by atoms with Crippen molar-refractivity contribution in [3.05, 3.63) is 40.5 Å². The first kappa shape index (κ1) is 12.6. The van der Waals surface area contributed by atoms with Crippen LogP contribution in [0.1, 0.15) is 17.3 Å². The number of aromatic nitrogens is 2. The van der Waals surface area contributed by atoms with Gasteiger partial charge >= 0.3 is 0 Å². The summed E-state index contributed by atoms with van der Waals surface area (Å²) in [4.78, 5) is 12.0. The minimum absolute atomic E-state index is 0.240. The summed E-state index contributed by atoms with van der Waals surface area (Å²) in [5, 5.41) is 6.91. The van der Waals surface area contributed by atoms with Crippen molar-refractivity contribution in [2.75, 3.05) is 11.1 Å². The van der Waals surface area contributed by atoms with Crippen LogP contribution in [0.3, 0.4) is 0 Å². The van der Waals surface area contributed by atoms with Crippen LogP contribution in [0, 0.1) is 0 Å². The zero-order valence-electron chi connectivity index (χ0n) is 9.85. The van der Waals surface area contributed by atoms with Gasteiger partial charge in [0.1, 0.15) is 0 Å². The lowest BCUT2D eigenvalue weighted by atomic mass is 10.2. The number of hydrogen-bond donors (Lipinski definition) is 2. The van der Waals surface area contributed by atoms with E-state index in [1.54, 1.807) is 28.9 Å². The van der Waals surface area contributed by atoms with Crippen molar-refractivity contribution < 1.29 is 4.79 Å². The minimum Gasteiger partial charge on any atom is -0.398 e. The fraction of sp³-hybridized carbons (Fsp3) is 0.167. The third kappa shape index (κ3) is 2.53. The molecule has 0 fully saturated rings. The Morgan fingerprint density at radius 3 is 2.94 bits per heavy atom. The third-order valence-corrected chi connectivity index (χ3v) is 3.36. The van der Waals surface area contributed by atoms with Gasteiger partial charge < -0.3 is 11.1 Å². The maximum absolute atomic E-state index is 12.0. The number of carbonyl (C=O) groups excluding carboxylic acids is 1. The van der Waals surface area contributed by atoms with Crippen LogP contribution in [0.2, 0.25) is 0 Å². The fourth-order valence-electron chi connectivity index (χ4n) is 1.51. The average molecular weight is 309 g/mol. The molecule has 0 aliphatic rings. The van der Waals surface area contributed by atoms with Gasteiger partial charge in [-0.3, -0.25) is 9.48 Å². The molecule has 0 spiro atoms. The first-order valence-electron chi connectivity index (χ1n) is 5.50. The van der Waals surface area contributed by atoms with Crippen molar-refractivity contribution in [1.29, 1.82) is 0 Å². The summed E-state index contributed by atoms with van der Waals surface area (Å²) in [6.45, 7) is 2.74. The van der Waals surface area contributed by atoms with E-state index in [4.69, 9.17) is 5.73 Å². The number of benzene rings is 1. The van der Waals surface area contributed by atoms with Gasteiger partial charge in [0.2, 0.25) is 0 Å². The second kappa shape index (κ2) is 5.22. The first-order chi connectivity index (χ1) is 8.61. The Labute approximate surface area is 113 Å². The Bertz CT molecular complexity index is 579. The van der Waals surface area contributed by atoms with E-state index in [9.17, 15) is 4.79 Å². The second-order valence-corrected chi connectivity index (χ2v) is 4.51. The van der Waals surface area contributed by atoms with Crippen LogP contribution in [0.5, 0.6) is 0 Å². The topological polar surface area (TPSA) is 72.9 Å². The number of nitrogens with two attached hydrogens (primary N) is 1. The Morgan fingerprint density at radius 1 is 1.50 bits per heavy atom. The van der Waals surface area contributed by atoms with Gasteiger partial charge in [-0.15, -0.1) is 0 Å². The summed E-state index contributed by atoms with van der Waals surface area (Å²) in [6, 6.07) is 6.92. The van der Waals surface area contributed by atoms with E-state index in [1.807, 2.05) is 13.1 Å². The molecule has 0 aliphatic heterocycles. The van der Waals surface area contributed by atoms with E-state index in [0.29, 0.717) is 21.5 Å². The number of nitrogens with zero attached hydrogens (tertiary/aromatic N) is 2. The molecule has 6 heteroatoms. The number of halogens is 1. The van der Waals surface area contributed by atoms with Crippen molar-refractivity contribution in [1.82, 2.24) is 9.78 Å². The maximum Gasteiger partial charge on any atom is 0.258 e. The monoisotopic (exact) mass is 308 g/mol. The lowest BCUT2D eigenvalue weighted by Crippen LogP contribution is -2.14. The average Bonchev–Trinajstić information content (AvgIpc) is 2.80. The number of nitrogen functional groups attached to an aromatic ring is 1. The number of carbonyl (C=O) groups is 1. The predicted octanol–water partition coefficient (Wildman–Crippen LogP) is 2.50. The Morgan fingerprint density at radius 2 is 2.28 bits per heavy atom. The molecule has 0 atom stereocenters. The fourth-order valence-corrected chi connectivity index (χ4v) is 1.96. The summed E-state index contributed by atoms with van der Waals surface area (Å²) in [5.41, 5.74) is 6.75. The number of aryl methyl sites for hydroxylation is 1. The molecule has 0 unspecified atom stereocenters. The highest BCUT2D eigenvalue weighted by Gasteiger charge is 2.12. The van der Waals surface area contributed by atoms with Crippen LogP contribution in [-0.2, 0) is 6.54 Å². The highest BCUT2D eigenvalue weighted by atomic mass is 79.9. The number of anilines is 2. The molecule has 2 aromatic rings. The molecule has 1 heterocycles. The third-order valence-electron chi connectivity index (χ3n) is 2.48. The number of rotatable bonds is 3. The lowest BCUT2D eigenvalue weighted by Gasteiger charge is -2.06. The van der Waals surface area contributed by atoms with Gasteiger partial charge in [0.25, 0.3) is 5.91 Å². The van der Waals surface area contributed by atoms with Crippen molar-refractivity contribution >= 4 is 33.3 Å². The van der Waals surface area contributed by atoms with E-state index in [2.05, 4.69) is 26.3 Å². The molecule has 0 radical (unpaired) electrons. The van der Waals surface area contributed by atoms with E-state index in [-0.39, 0.29) is 5.91 Å². The summed E-state index contributed by atoms with van der Waals surface area (Å²) < 4.78 is 2.33. The van der Waals surface area contributed by atoms with E-state index in [0.717, 1.165) is 6.54 Å². The quantitative estimate of drug-likeness (QED) is 0.856. The highest BCUT2D eigenvalue weighted by Crippen LogP contribution is 2.24. The molecule has 0 bridgehead atoms. The highest BCUT2D eigenvalue weighted by molar-refractivity contribution is 9.10. The summed E-state index contributed by atoms with van der Waals surface area (Å²) in [6.07, 6.45) is 1.81. The Kier molecular flexibility index (Phi) is 3.66. The molecule has 0 aliphatic carbocycles. The molecule has 18 heavy (non-hydrogen) atoms. The number of nitrogens with one attached hydrogen (secondary N) is 1. The van der Waals surface area contributed by atoms with Crippen LogP contribution in [0.15, 0.2) is 34.9 Å². The van der Waals surface area contributed by atoms with Gasteiger partial charge in [0.15, 0.2) is 5.82 Å². The van der Waals surface area contributed by atoms with Crippen LogP contribution in [0.4, 0.5) is 11.5 Å². The van der Waals surface area contributed by atoms with Crippen molar-refractivity contribution in [3.8, 4) is 0 Å². The normalized spacial score (nSPS) is 10.3. The molecule has 2 rings (SSSR count). The zero-order valence-corrected chi connectivity index (χ0v) is 11.4. The van der Waals surface area contributed by atoms with Crippen molar-refractivity contribution in [2.24, 2.45) is 0 Å². The molecule has 0 saturated carbocycles. The molecular formula is C12H13BrN4O. The molecule has 0 saturated heterocycles. The van der Waals surface area contributed by atoms with Gasteiger partial charge in [-0.1, -0.05) is 6.07 Å². The van der Waals surface area contributed by atoms with Crippen LogP contribution in [-0.4, -0.2) is 15.7 Å². The van der Waals surface area contributed by atoms with Crippen molar-refractivity contribution in [2.45, 2.75) is 13.5 Å². The molecule has 3 N–H and O–H groups in total. The summed E-state index contributed by atoms with van der Waals surface area (Å²) in [7, 11) is 0. The standard InChI is InChI=1S/C12H13BrN4O/c1-2-17-7-6-10(16-17)15-12(18)8-4-3-5-9(14)11(8)13/h3-7H,2,14H2,1H3,(H,15,16,18). The minimum atomic E-state index is -0.240. The second-order valence-electron chi connectivity index (χ2n) is 3.72. The smallest absolute Gasteiger partial charge is 0.258 e. The van der Waals surface area contributed by atoms with Gasteiger partial charge in [-0.2, -0.15) is 5.10 Å². The van der Waals surface area contributed by atoms with Gasteiger partial charge in [0.05, 0.1) is 10.0 Å². The predicted molar refractivity (Wildman–Crippen MR) is 74.4 cm³/mol. The largest absolute Gasteiger partial charge is 0.398 e. The summed E-state index contributed by atoms with van der Waals surface area (Å²) >= 11 is 3.30. The van der Waals surface area contributed by atoms with Crippen LogP contribution < -0.4 is 11.1 Å². The van der Waals surface area contributed by atoms with Gasteiger partial charge in [-0.05, 0) is 35.0 Å². The molecule has 1 amide bonds. The molecular weight excluding hydrogens is 296 g/mol. The molecule has 1 aromatic heterocycles. The number of hydrogen-bond acceptors (Lipinski definition) is 3. The van der Waals surface area contributed by atoms with Gasteiger partial charge in [-0.25, -0.2) is 0 Å². The maximum atomic E-state index is 12.0. The van der Waals surface area contributed by atoms with Gasteiger partial charge in [0, 0.05) is 24.5 Å². The van der Waals surface area contributed by atoms with E-state index < -0.39 is 0 Å². The van der Waals surface area contributed by atoms with E-state index in [1.165, 1.54) is 0 Å². The Balaban J connectivity index is 2.19. The SMILES string of the molecule is CCn1ccc(NC(=O)c2cccc(N)c2Br)n1. The number of amides is 1. The zero-order chi connectivity index (χ0) is 13.1. The first-order valence-corrected chi connectivity index (χ1v) is 6.30.